The van der Waals surface area contributed by atoms with E-state index in [1.54, 1.807) is 0 Å². The summed E-state index contributed by atoms with van der Waals surface area (Å²) in [6.45, 7) is 0. The van der Waals surface area contributed by atoms with Gasteiger partial charge in [0.2, 0.25) is 0 Å². The lowest BCUT2D eigenvalue weighted by atomic mass is 10.00. The predicted octanol–water partition coefficient (Wildman–Crippen LogP) is 13.7. The summed E-state index contributed by atoms with van der Waals surface area (Å²) >= 11 is 0. The maximum Gasteiger partial charge on any atom is 0.159 e. The Labute approximate surface area is 299 Å². The van der Waals surface area contributed by atoms with E-state index in [-0.39, 0.29) is 0 Å². The fourth-order valence-electron chi connectivity index (χ4n) is 8.06. The monoisotopic (exact) mass is 666 g/mol. The molecule has 0 aliphatic carbocycles. The Morgan fingerprint density at radius 2 is 0.923 bits per heavy atom. The van der Waals surface area contributed by atoms with E-state index < -0.39 is 0 Å². The van der Waals surface area contributed by atoms with Crippen molar-refractivity contribution >= 4 is 82.7 Å². The van der Waals surface area contributed by atoms with Crippen LogP contribution in [-0.2, 0) is 0 Å². The van der Waals surface area contributed by atoms with Crippen molar-refractivity contribution in [2.24, 2.45) is 0 Å². The molecule has 52 heavy (non-hydrogen) atoms. The van der Waals surface area contributed by atoms with E-state index in [0.29, 0.717) is 0 Å². The van der Waals surface area contributed by atoms with Crippen molar-refractivity contribution in [1.29, 1.82) is 0 Å². The number of furan rings is 2. The molecule has 4 nitrogen and oxygen atoms in total. The van der Waals surface area contributed by atoms with Gasteiger partial charge < -0.3 is 18.3 Å². The minimum Gasteiger partial charge on any atom is -0.455 e. The fourth-order valence-corrected chi connectivity index (χ4v) is 8.06. The first-order chi connectivity index (χ1) is 25.8. The Balaban J connectivity index is 1.12. The average molecular weight is 667 g/mol. The molecule has 0 amide bonds. The third kappa shape index (κ3) is 4.28. The first-order valence-electron chi connectivity index (χ1n) is 17.6. The third-order valence-electron chi connectivity index (χ3n) is 10.4. The van der Waals surface area contributed by atoms with Gasteiger partial charge in [-0.25, -0.2) is 0 Å². The predicted molar refractivity (Wildman–Crippen MR) is 215 cm³/mol. The van der Waals surface area contributed by atoms with Gasteiger partial charge in [-0.3, -0.25) is 0 Å². The molecule has 3 aromatic heterocycles. The Kier molecular flexibility index (Phi) is 6.22. The molecule has 0 radical (unpaired) electrons. The van der Waals surface area contributed by atoms with Gasteiger partial charge in [0, 0.05) is 54.9 Å². The molecule has 0 aliphatic rings. The van der Waals surface area contributed by atoms with Crippen LogP contribution in [0.1, 0.15) is 0 Å². The fraction of sp³-hybridized carbons (Fsp3) is 0. The maximum atomic E-state index is 6.65. The molecular formula is C48H30N2O2. The first kappa shape index (κ1) is 28.8. The number of para-hydroxylation sites is 6. The van der Waals surface area contributed by atoms with Crippen LogP contribution in [0.25, 0.3) is 82.5 Å². The van der Waals surface area contributed by atoms with E-state index >= 15 is 0 Å². The van der Waals surface area contributed by atoms with E-state index in [4.69, 9.17) is 8.83 Å². The van der Waals surface area contributed by atoms with E-state index in [0.717, 1.165) is 77.8 Å². The summed E-state index contributed by atoms with van der Waals surface area (Å²) in [5.41, 5.74) is 12.1. The highest BCUT2D eigenvalue weighted by atomic mass is 16.3. The number of hydrogen-bond donors (Lipinski definition) is 0. The van der Waals surface area contributed by atoms with Gasteiger partial charge >= 0.3 is 0 Å². The molecular weight excluding hydrogens is 637 g/mol. The average Bonchev–Trinajstić information content (AvgIpc) is 3.89. The number of fused-ring (bicyclic) bond motifs is 9. The number of nitrogens with zero attached hydrogens (tertiary/aromatic N) is 2. The van der Waals surface area contributed by atoms with Gasteiger partial charge in [0.15, 0.2) is 5.58 Å². The molecule has 244 valence electrons. The zero-order valence-electron chi connectivity index (χ0n) is 28.0. The van der Waals surface area contributed by atoms with Crippen LogP contribution in [0.15, 0.2) is 191 Å². The van der Waals surface area contributed by atoms with E-state index in [9.17, 15) is 0 Å². The second-order valence-corrected chi connectivity index (χ2v) is 13.3. The SMILES string of the molecule is c1ccc(N(c2ccc(-c3cc(-n4c5ccccc5c5ccccc54)cc4c3oc3ccccc34)cc2)c2cccc3c2oc2ccccc23)cc1. The topological polar surface area (TPSA) is 34.5 Å². The number of rotatable bonds is 5. The number of benzene rings is 8. The van der Waals surface area contributed by atoms with Gasteiger partial charge in [-0.15, -0.1) is 0 Å². The van der Waals surface area contributed by atoms with Crippen molar-refractivity contribution in [3.63, 3.8) is 0 Å². The van der Waals surface area contributed by atoms with Gasteiger partial charge in [-0.1, -0.05) is 115 Å². The molecule has 0 bridgehead atoms. The molecule has 0 atom stereocenters. The highest BCUT2D eigenvalue weighted by Gasteiger charge is 2.21. The highest BCUT2D eigenvalue weighted by Crippen LogP contribution is 2.44. The summed E-state index contributed by atoms with van der Waals surface area (Å²) in [5, 5.41) is 6.88. The molecule has 0 unspecified atom stereocenters. The van der Waals surface area contributed by atoms with Crippen LogP contribution in [0.2, 0.25) is 0 Å². The minimum atomic E-state index is 0.861. The van der Waals surface area contributed by atoms with Crippen LogP contribution >= 0.6 is 0 Å². The van der Waals surface area contributed by atoms with Crippen LogP contribution in [-0.4, -0.2) is 4.57 Å². The van der Waals surface area contributed by atoms with Crippen molar-refractivity contribution in [3.05, 3.63) is 182 Å². The standard InChI is InChI=1S/C48H30N2O2/c1-2-13-32(14-3-1)49(44-22-12-19-39-37-17-6-10-23-45(37)52-48(39)44)33-27-25-31(26-28-33)40-29-34(30-41-38-18-7-11-24-46(38)51-47(40)41)50-42-20-8-4-15-35(42)36-16-5-9-21-43(36)50/h1-30H. The largest absolute Gasteiger partial charge is 0.455 e. The second kappa shape index (κ2) is 11.2. The van der Waals surface area contributed by atoms with Gasteiger partial charge in [0.25, 0.3) is 0 Å². The number of anilines is 3. The van der Waals surface area contributed by atoms with Crippen LogP contribution < -0.4 is 4.90 Å². The van der Waals surface area contributed by atoms with E-state index in [2.05, 4.69) is 173 Å². The van der Waals surface area contributed by atoms with Crippen LogP contribution in [0.3, 0.4) is 0 Å². The van der Waals surface area contributed by atoms with Crippen molar-refractivity contribution in [3.8, 4) is 16.8 Å². The highest BCUT2D eigenvalue weighted by molar-refractivity contribution is 6.13. The number of hydrogen-bond acceptors (Lipinski definition) is 3. The summed E-state index contributed by atoms with van der Waals surface area (Å²) in [5.74, 6) is 0. The van der Waals surface area contributed by atoms with Gasteiger partial charge in [-0.05, 0) is 72.3 Å². The van der Waals surface area contributed by atoms with E-state index in [1.807, 2.05) is 18.2 Å². The van der Waals surface area contributed by atoms with Crippen molar-refractivity contribution in [2.45, 2.75) is 0 Å². The first-order valence-corrected chi connectivity index (χ1v) is 17.6. The molecule has 8 aromatic carbocycles. The van der Waals surface area contributed by atoms with Crippen LogP contribution in [0.4, 0.5) is 17.1 Å². The summed E-state index contributed by atoms with van der Waals surface area (Å²) in [6.07, 6.45) is 0. The molecule has 0 saturated carbocycles. The quantitative estimate of drug-likeness (QED) is 0.183. The minimum absolute atomic E-state index is 0.861. The Hall–Kier alpha value is -7.04. The summed E-state index contributed by atoms with van der Waals surface area (Å²) in [4.78, 5) is 2.28. The molecule has 0 aliphatic heterocycles. The lowest BCUT2D eigenvalue weighted by molar-refractivity contribution is 0.669. The zero-order valence-corrected chi connectivity index (χ0v) is 28.0. The third-order valence-corrected chi connectivity index (χ3v) is 10.4. The smallest absolute Gasteiger partial charge is 0.159 e. The lowest BCUT2D eigenvalue weighted by Gasteiger charge is -2.25. The Morgan fingerprint density at radius 3 is 1.62 bits per heavy atom. The molecule has 3 heterocycles. The summed E-state index contributed by atoms with van der Waals surface area (Å²) in [6, 6.07) is 64.1. The normalized spacial score (nSPS) is 11.8. The van der Waals surface area contributed by atoms with E-state index in [1.165, 1.54) is 21.8 Å². The Morgan fingerprint density at radius 1 is 0.385 bits per heavy atom. The maximum absolute atomic E-state index is 6.65. The molecule has 11 rings (SSSR count). The van der Waals surface area contributed by atoms with Gasteiger partial charge in [-0.2, -0.15) is 0 Å². The Bertz CT molecular complexity index is 3080. The summed E-state index contributed by atoms with van der Waals surface area (Å²) < 4.78 is 15.6. The van der Waals surface area contributed by atoms with Crippen LogP contribution in [0, 0.1) is 0 Å². The van der Waals surface area contributed by atoms with Gasteiger partial charge in [0.05, 0.1) is 16.7 Å². The molecule has 11 aromatic rings. The zero-order chi connectivity index (χ0) is 34.2. The summed E-state index contributed by atoms with van der Waals surface area (Å²) in [7, 11) is 0. The molecule has 0 spiro atoms. The van der Waals surface area contributed by atoms with Crippen molar-refractivity contribution in [1.82, 2.24) is 4.57 Å². The molecule has 0 N–H and O–H groups in total. The second-order valence-electron chi connectivity index (χ2n) is 13.3. The lowest BCUT2D eigenvalue weighted by Crippen LogP contribution is -2.10. The molecule has 4 heteroatoms. The van der Waals surface area contributed by atoms with Gasteiger partial charge in [0.1, 0.15) is 16.7 Å². The van der Waals surface area contributed by atoms with Crippen molar-refractivity contribution in [2.75, 3.05) is 4.90 Å². The molecule has 0 fully saturated rings. The molecule has 0 saturated heterocycles. The van der Waals surface area contributed by atoms with Crippen LogP contribution in [0.5, 0.6) is 0 Å². The number of aromatic nitrogens is 1. The van der Waals surface area contributed by atoms with Crippen molar-refractivity contribution < 1.29 is 8.83 Å².